The van der Waals surface area contributed by atoms with Gasteiger partial charge in [-0.1, -0.05) is 23.3 Å². The summed E-state index contributed by atoms with van der Waals surface area (Å²) in [6.07, 6.45) is -0.381. The fourth-order valence-electron chi connectivity index (χ4n) is 1.19. The Morgan fingerprint density at radius 3 is 2.82 bits per heavy atom. The van der Waals surface area contributed by atoms with Crippen LogP contribution >= 0.6 is 11.8 Å². The molecule has 0 fully saturated rings. The van der Waals surface area contributed by atoms with E-state index in [2.05, 4.69) is 10.0 Å². The molecule has 0 aliphatic rings. The van der Waals surface area contributed by atoms with Crippen LogP contribution in [0.1, 0.15) is 6.92 Å². The van der Waals surface area contributed by atoms with Gasteiger partial charge in [-0.25, -0.2) is 0 Å². The van der Waals surface area contributed by atoms with Crippen molar-refractivity contribution in [3.63, 3.8) is 0 Å². The summed E-state index contributed by atoms with van der Waals surface area (Å²) >= 11 is 1.56. The maximum absolute atomic E-state index is 10.9. The molecule has 17 heavy (non-hydrogen) atoms. The van der Waals surface area contributed by atoms with Crippen LogP contribution in [0.15, 0.2) is 40.3 Å². The largest absolute Gasteiger partial charge is 0.462 e. The molecule has 90 valence electrons. The number of ether oxygens (including phenoxy) is 1. The zero-order valence-electron chi connectivity index (χ0n) is 9.44. The number of nitrogens with zero attached hydrogens (tertiary/aromatic N) is 3. The molecule has 0 N–H and O–H groups in total. The Bertz CT molecular complexity index is 400. The fourth-order valence-corrected chi connectivity index (χ4v) is 2.09. The molecular formula is C11H13N3O2S. The molecule has 0 radical (unpaired) electrons. The van der Waals surface area contributed by atoms with Gasteiger partial charge in [0.2, 0.25) is 0 Å². The van der Waals surface area contributed by atoms with Crippen molar-refractivity contribution in [2.45, 2.75) is 17.9 Å². The molecule has 0 unspecified atom stereocenters. The Labute approximate surface area is 104 Å². The summed E-state index contributed by atoms with van der Waals surface area (Å²) < 4.78 is 5.05. The summed E-state index contributed by atoms with van der Waals surface area (Å²) in [7, 11) is 0. The van der Waals surface area contributed by atoms with Gasteiger partial charge in [-0.2, -0.15) is 0 Å². The number of hydrogen-bond acceptors (Lipinski definition) is 4. The van der Waals surface area contributed by atoms with E-state index in [9.17, 15) is 4.79 Å². The minimum absolute atomic E-state index is 0.163. The second-order valence-electron chi connectivity index (χ2n) is 3.27. The van der Waals surface area contributed by atoms with E-state index >= 15 is 0 Å². The third-order valence-electron chi connectivity index (χ3n) is 1.86. The van der Waals surface area contributed by atoms with Crippen LogP contribution in [-0.2, 0) is 9.53 Å². The average molecular weight is 251 g/mol. The first-order valence-electron chi connectivity index (χ1n) is 5.08. The lowest BCUT2D eigenvalue weighted by Gasteiger charge is -2.14. The first-order chi connectivity index (χ1) is 8.22. The maximum Gasteiger partial charge on any atom is 0.302 e. The van der Waals surface area contributed by atoms with Crippen molar-refractivity contribution in [3.8, 4) is 0 Å². The molecule has 0 saturated carbocycles. The SMILES string of the molecule is CC(=O)O[C@H](CN=[N+]=[N-])CSc1ccccc1. The van der Waals surface area contributed by atoms with E-state index in [0.717, 1.165) is 4.90 Å². The van der Waals surface area contributed by atoms with E-state index in [-0.39, 0.29) is 18.6 Å². The molecule has 6 heteroatoms. The predicted octanol–water partition coefficient (Wildman–Crippen LogP) is 3.02. The van der Waals surface area contributed by atoms with Crippen LogP contribution in [0.2, 0.25) is 0 Å². The van der Waals surface area contributed by atoms with Crippen LogP contribution in [0, 0.1) is 0 Å². The molecule has 0 amide bonds. The molecular weight excluding hydrogens is 238 g/mol. The Morgan fingerprint density at radius 2 is 2.24 bits per heavy atom. The van der Waals surface area contributed by atoms with Crippen molar-refractivity contribution in [2.24, 2.45) is 5.11 Å². The Morgan fingerprint density at radius 1 is 1.53 bits per heavy atom. The molecule has 1 rings (SSSR count). The van der Waals surface area contributed by atoms with Crippen LogP contribution in [0.3, 0.4) is 0 Å². The Balaban J connectivity index is 2.48. The molecule has 1 aromatic rings. The number of esters is 1. The summed E-state index contributed by atoms with van der Waals surface area (Å²) in [6.45, 7) is 1.51. The highest BCUT2D eigenvalue weighted by atomic mass is 32.2. The standard InChI is InChI=1S/C11H13N3O2S/c1-9(15)16-10(7-13-14-12)8-17-11-5-3-2-4-6-11/h2-6,10H,7-8H2,1H3/t10-/m1/s1. The second kappa shape index (κ2) is 7.60. The number of carbonyl (C=O) groups is 1. The zero-order chi connectivity index (χ0) is 12.5. The van der Waals surface area contributed by atoms with Gasteiger partial charge in [0.15, 0.2) is 0 Å². The van der Waals surface area contributed by atoms with E-state index < -0.39 is 0 Å². The molecule has 0 aliphatic carbocycles. The molecule has 0 heterocycles. The van der Waals surface area contributed by atoms with Crippen LogP contribution in [-0.4, -0.2) is 24.4 Å². The van der Waals surface area contributed by atoms with Gasteiger partial charge in [0, 0.05) is 22.5 Å². The molecule has 1 atom stereocenters. The third kappa shape index (κ3) is 5.85. The minimum Gasteiger partial charge on any atom is -0.462 e. The van der Waals surface area contributed by atoms with Gasteiger partial charge >= 0.3 is 5.97 Å². The van der Waals surface area contributed by atoms with E-state index in [0.29, 0.717) is 5.75 Å². The van der Waals surface area contributed by atoms with E-state index in [4.69, 9.17) is 10.3 Å². The lowest BCUT2D eigenvalue weighted by atomic mass is 10.4. The summed E-state index contributed by atoms with van der Waals surface area (Å²) in [5, 5.41) is 3.43. The van der Waals surface area contributed by atoms with Crippen molar-refractivity contribution >= 4 is 17.7 Å². The summed E-state index contributed by atoms with van der Waals surface area (Å²) in [4.78, 5) is 14.6. The molecule has 5 nitrogen and oxygen atoms in total. The lowest BCUT2D eigenvalue weighted by molar-refractivity contribution is -0.144. The number of hydrogen-bond donors (Lipinski definition) is 0. The topological polar surface area (TPSA) is 75.1 Å². The van der Waals surface area contributed by atoms with E-state index in [1.54, 1.807) is 11.8 Å². The van der Waals surface area contributed by atoms with Gasteiger partial charge in [-0.3, -0.25) is 4.79 Å². The minimum atomic E-state index is -0.381. The molecule has 0 aromatic heterocycles. The van der Waals surface area contributed by atoms with E-state index in [1.807, 2.05) is 30.3 Å². The number of carbonyl (C=O) groups excluding carboxylic acids is 1. The van der Waals surface area contributed by atoms with Gasteiger partial charge in [-0.15, -0.1) is 11.8 Å². The number of benzene rings is 1. The predicted molar refractivity (Wildman–Crippen MR) is 66.7 cm³/mol. The Hall–Kier alpha value is -1.65. The highest BCUT2D eigenvalue weighted by molar-refractivity contribution is 7.99. The van der Waals surface area contributed by atoms with Gasteiger partial charge < -0.3 is 4.74 Å². The van der Waals surface area contributed by atoms with E-state index in [1.165, 1.54) is 6.92 Å². The molecule has 0 spiro atoms. The maximum atomic E-state index is 10.9. The molecule has 0 saturated heterocycles. The van der Waals surface area contributed by atoms with Crippen molar-refractivity contribution in [1.82, 2.24) is 0 Å². The van der Waals surface area contributed by atoms with Crippen LogP contribution in [0.5, 0.6) is 0 Å². The quantitative estimate of drug-likeness (QED) is 0.256. The average Bonchev–Trinajstić information content (AvgIpc) is 2.33. The normalized spacial score (nSPS) is 11.4. The van der Waals surface area contributed by atoms with Crippen LogP contribution in [0.4, 0.5) is 0 Å². The Kier molecular flexibility index (Phi) is 5.99. The second-order valence-corrected chi connectivity index (χ2v) is 4.36. The van der Waals surface area contributed by atoms with Gasteiger partial charge in [-0.05, 0) is 17.7 Å². The lowest BCUT2D eigenvalue weighted by Crippen LogP contribution is -2.22. The fraction of sp³-hybridized carbons (Fsp3) is 0.364. The highest BCUT2D eigenvalue weighted by Gasteiger charge is 2.11. The molecule has 1 aromatic carbocycles. The first-order valence-corrected chi connectivity index (χ1v) is 6.07. The number of azide groups is 1. The summed E-state index contributed by atoms with van der Waals surface area (Å²) in [6, 6.07) is 9.77. The van der Waals surface area contributed by atoms with Crippen molar-refractivity contribution in [1.29, 1.82) is 0 Å². The van der Waals surface area contributed by atoms with Gasteiger partial charge in [0.25, 0.3) is 0 Å². The van der Waals surface area contributed by atoms with Gasteiger partial charge in [0.1, 0.15) is 6.10 Å². The van der Waals surface area contributed by atoms with Crippen molar-refractivity contribution < 1.29 is 9.53 Å². The van der Waals surface area contributed by atoms with Crippen molar-refractivity contribution in [2.75, 3.05) is 12.3 Å². The smallest absolute Gasteiger partial charge is 0.302 e. The van der Waals surface area contributed by atoms with Crippen molar-refractivity contribution in [3.05, 3.63) is 40.8 Å². The summed E-state index contributed by atoms with van der Waals surface area (Å²) in [5.41, 5.74) is 8.25. The summed E-state index contributed by atoms with van der Waals surface area (Å²) in [5.74, 6) is 0.208. The number of thioether (sulfide) groups is 1. The number of rotatable bonds is 6. The first kappa shape index (κ1) is 13.4. The molecule has 0 bridgehead atoms. The monoisotopic (exact) mass is 251 g/mol. The van der Waals surface area contributed by atoms with Gasteiger partial charge in [0.05, 0.1) is 6.54 Å². The zero-order valence-corrected chi connectivity index (χ0v) is 10.3. The molecule has 0 aliphatic heterocycles. The van der Waals surface area contributed by atoms with Crippen LogP contribution in [0.25, 0.3) is 10.4 Å². The third-order valence-corrected chi connectivity index (χ3v) is 3.00. The van der Waals surface area contributed by atoms with Crippen LogP contribution < -0.4 is 0 Å². The highest BCUT2D eigenvalue weighted by Crippen LogP contribution is 2.19.